The topological polar surface area (TPSA) is 64.1 Å². The van der Waals surface area contributed by atoms with Crippen LogP contribution in [0.3, 0.4) is 0 Å². The molecule has 0 radical (unpaired) electrons. The standard InChI is InChI=1S/C13H13N3O2/c1-7-12(18-13(14-3)15-7)9-4-5-11-10(6-9)16-8(2)17-11/h4-6H,1-3H3,(H,14,15). The fourth-order valence-electron chi connectivity index (χ4n) is 1.96. The molecule has 0 saturated heterocycles. The Morgan fingerprint density at radius 2 is 1.94 bits per heavy atom. The van der Waals surface area contributed by atoms with Gasteiger partial charge in [0, 0.05) is 19.5 Å². The van der Waals surface area contributed by atoms with E-state index < -0.39 is 0 Å². The molecule has 1 N–H and O–H groups in total. The van der Waals surface area contributed by atoms with E-state index in [9.17, 15) is 0 Å². The van der Waals surface area contributed by atoms with Gasteiger partial charge in [-0.05, 0) is 25.1 Å². The van der Waals surface area contributed by atoms with E-state index in [0.29, 0.717) is 11.9 Å². The molecule has 0 saturated carbocycles. The lowest BCUT2D eigenvalue weighted by molar-refractivity contribution is 0.561. The molecule has 0 aliphatic carbocycles. The molecule has 2 aromatic heterocycles. The number of nitrogens with zero attached hydrogens (tertiary/aromatic N) is 2. The van der Waals surface area contributed by atoms with E-state index in [4.69, 9.17) is 8.83 Å². The van der Waals surface area contributed by atoms with Crippen LogP contribution in [-0.4, -0.2) is 17.0 Å². The van der Waals surface area contributed by atoms with E-state index in [1.165, 1.54) is 0 Å². The van der Waals surface area contributed by atoms with Crippen LogP contribution in [0.5, 0.6) is 0 Å². The maximum Gasteiger partial charge on any atom is 0.295 e. The summed E-state index contributed by atoms with van der Waals surface area (Å²) in [4.78, 5) is 8.58. The van der Waals surface area contributed by atoms with Crippen molar-refractivity contribution in [2.45, 2.75) is 13.8 Å². The van der Waals surface area contributed by atoms with E-state index in [1.54, 1.807) is 7.05 Å². The second kappa shape index (κ2) is 3.87. The Morgan fingerprint density at radius 1 is 1.11 bits per heavy atom. The first-order valence-electron chi connectivity index (χ1n) is 5.70. The number of anilines is 1. The van der Waals surface area contributed by atoms with E-state index in [-0.39, 0.29) is 0 Å². The Balaban J connectivity index is 2.15. The summed E-state index contributed by atoms with van der Waals surface area (Å²) in [6.45, 7) is 3.75. The van der Waals surface area contributed by atoms with Gasteiger partial charge in [-0.1, -0.05) is 0 Å². The number of fused-ring (bicyclic) bond motifs is 1. The van der Waals surface area contributed by atoms with Crippen molar-refractivity contribution in [1.82, 2.24) is 9.97 Å². The van der Waals surface area contributed by atoms with Crippen molar-refractivity contribution in [1.29, 1.82) is 0 Å². The summed E-state index contributed by atoms with van der Waals surface area (Å²) in [5.74, 6) is 1.41. The maximum atomic E-state index is 5.62. The third-order valence-corrected chi connectivity index (χ3v) is 2.77. The quantitative estimate of drug-likeness (QED) is 0.749. The molecule has 92 valence electrons. The van der Waals surface area contributed by atoms with Gasteiger partial charge in [0.1, 0.15) is 5.52 Å². The first kappa shape index (κ1) is 10.8. The number of aryl methyl sites for hydroxylation is 2. The minimum atomic E-state index is 0.513. The van der Waals surface area contributed by atoms with Gasteiger partial charge in [-0.3, -0.25) is 0 Å². The van der Waals surface area contributed by atoms with Crippen molar-refractivity contribution >= 4 is 17.1 Å². The summed E-state index contributed by atoms with van der Waals surface area (Å²) in [5, 5.41) is 2.89. The Hall–Kier alpha value is -2.30. The van der Waals surface area contributed by atoms with Crippen LogP contribution >= 0.6 is 0 Å². The smallest absolute Gasteiger partial charge is 0.295 e. The maximum absolute atomic E-state index is 5.62. The van der Waals surface area contributed by atoms with Crippen LogP contribution in [0.1, 0.15) is 11.6 Å². The van der Waals surface area contributed by atoms with Gasteiger partial charge in [0.15, 0.2) is 17.2 Å². The largest absolute Gasteiger partial charge is 0.441 e. The average molecular weight is 243 g/mol. The van der Waals surface area contributed by atoms with Crippen LogP contribution in [0.4, 0.5) is 6.01 Å². The molecule has 0 unspecified atom stereocenters. The minimum absolute atomic E-state index is 0.513. The number of oxazole rings is 2. The van der Waals surface area contributed by atoms with Crippen molar-refractivity contribution < 1.29 is 8.83 Å². The van der Waals surface area contributed by atoms with E-state index in [1.807, 2.05) is 32.0 Å². The summed E-state index contributed by atoms with van der Waals surface area (Å²) in [6.07, 6.45) is 0. The Bertz CT molecular complexity index is 712. The van der Waals surface area contributed by atoms with Gasteiger partial charge in [-0.25, -0.2) is 4.98 Å². The van der Waals surface area contributed by atoms with E-state index >= 15 is 0 Å². The predicted molar refractivity (Wildman–Crippen MR) is 68.5 cm³/mol. The summed E-state index contributed by atoms with van der Waals surface area (Å²) >= 11 is 0. The van der Waals surface area contributed by atoms with Crippen LogP contribution < -0.4 is 5.32 Å². The summed E-state index contributed by atoms with van der Waals surface area (Å²) in [5.41, 5.74) is 3.40. The minimum Gasteiger partial charge on any atom is -0.441 e. The van der Waals surface area contributed by atoms with Gasteiger partial charge in [-0.15, -0.1) is 0 Å². The zero-order valence-corrected chi connectivity index (χ0v) is 10.4. The average Bonchev–Trinajstić information content (AvgIpc) is 2.89. The molecule has 0 aliphatic rings. The molecule has 3 rings (SSSR count). The Labute approximate surface area is 104 Å². The number of benzene rings is 1. The zero-order chi connectivity index (χ0) is 12.7. The molecule has 0 fully saturated rings. The molecular formula is C13H13N3O2. The molecule has 5 nitrogen and oxygen atoms in total. The van der Waals surface area contributed by atoms with Crippen LogP contribution in [0, 0.1) is 13.8 Å². The lowest BCUT2D eigenvalue weighted by Gasteiger charge is -1.97. The van der Waals surface area contributed by atoms with Gasteiger partial charge >= 0.3 is 0 Å². The number of hydrogen-bond donors (Lipinski definition) is 1. The predicted octanol–water partition coefficient (Wildman–Crippen LogP) is 3.14. The summed E-state index contributed by atoms with van der Waals surface area (Å²) in [7, 11) is 1.78. The highest BCUT2D eigenvalue weighted by atomic mass is 16.4. The molecule has 0 aliphatic heterocycles. The first-order valence-corrected chi connectivity index (χ1v) is 5.70. The highest BCUT2D eigenvalue weighted by molar-refractivity contribution is 5.79. The first-order chi connectivity index (χ1) is 8.67. The van der Waals surface area contributed by atoms with Crippen molar-refractivity contribution in [3.63, 3.8) is 0 Å². The molecule has 3 aromatic rings. The van der Waals surface area contributed by atoms with Crippen molar-refractivity contribution in [3.8, 4) is 11.3 Å². The third kappa shape index (κ3) is 1.64. The summed E-state index contributed by atoms with van der Waals surface area (Å²) in [6, 6.07) is 6.30. The van der Waals surface area contributed by atoms with Crippen LogP contribution in [0.15, 0.2) is 27.0 Å². The highest BCUT2D eigenvalue weighted by Gasteiger charge is 2.12. The summed E-state index contributed by atoms with van der Waals surface area (Å²) < 4.78 is 11.1. The van der Waals surface area contributed by atoms with Crippen LogP contribution in [0.25, 0.3) is 22.4 Å². The molecule has 0 spiro atoms. The molecule has 2 heterocycles. The van der Waals surface area contributed by atoms with E-state index in [2.05, 4.69) is 15.3 Å². The molecular weight excluding hydrogens is 230 g/mol. The van der Waals surface area contributed by atoms with Gasteiger partial charge < -0.3 is 14.2 Å². The zero-order valence-electron chi connectivity index (χ0n) is 10.4. The second-order valence-corrected chi connectivity index (χ2v) is 4.10. The third-order valence-electron chi connectivity index (χ3n) is 2.77. The number of nitrogens with one attached hydrogen (secondary N) is 1. The molecule has 0 atom stereocenters. The molecule has 5 heteroatoms. The highest BCUT2D eigenvalue weighted by Crippen LogP contribution is 2.29. The Morgan fingerprint density at radius 3 is 2.67 bits per heavy atom. The second-order valence-electron chi connectivity index (χ2n) is 4.10. The molecule has 0 bridgehead atoms. The lowest BCUT2D eigenvalue weighted by Crippen LogP contribution is -1.85. The number of aromatic nitrogens is 2. The van der Waals surface area contributed by atoms with Crippen molar-refractivity contribution in [2.24, 2.45) is 0 Å². The molecule has 0 amide bonds. The van der Waals surface area contributed by atoms with Crippen molar-refractivity contribution in [2.75, 3.05) is 12.4 Å². The number of hydrogen-bond acceptors (Lipinski definition) is 5. The SMILES string of the molecule is CNc1nc(C)c(-c2ccc3oc(C)nc3c2)o1. The molecule has 1 aromatic carbocycles. The van der Waals surface area contributed by atoms with Crippen LogP contribution in [-0.2, 0) is 0 Å². The van der Waals surface area contributed by atoms with Gasteiger partial charge in [0.25, 0.3) is 6.01 Å². The van der Waals surface area contributed by atoms with E-state index in [0.717, 1.165) is 28.1 Å². The van der Waals surface area contributed by atoms with Gasteiger partial charge in [-0.2, -0.15) is 4.98 Å². The lowest BCUT2D eigenvalue weighted by atomic mass is 10.1. The molecule has 18 heavy (non-hydrogen) atoms. The fraction of sp³-hybridized carbons (Fsp3) is 0.231. The van der Waals surface area contributed by atoms with Crippen molar-refractivity contribution in [3.05, 3.63) is 29.8 Å². The Kier molecular flexibility index (Phi) is 2.33. The normalized spacial score (nSPS) is 11.1. The van der Waals surface area contributed by atoms with Gasteiger partial charge in [0.2, 0.25) is 0 Å². The number of rotatable bonds is 2. The van der Waals surface area contributed by atoms with Gasteiger partial charge in [0.05, 0.1) is 5.69 Å². The monoisotopic (exact) mass is 243 g/mol. The van der Waals surface area contributed by atoms with Crippen LogP contribution in [0.2, 0.25) is 0 Å². The fourth-order valence-corrected chi connectivity index (χ4v) is 1.96.